The molecule has 1 aliphatic carbocycles. The van der Waals surface area contributed by atoms with Crippen molar-refractivity contribution < 1.29 is 14.7 Å². The Morgan fingerprint density at radius 3 is 2.70 bits per heavy atom. The van der Waals surface area contributed by atoms with Crippen LogP contribution >= 0.6 is 0 Å². The number of aryl methyl sites for hydroxylation is 1. The number of hydrogen-bond acceptors (Lipinski definition) is 4. The lowest BCUT2D eigenvalue weighted by atomic mass is 9.98. The van der Waals surface area contributed by atoms with Gasteiger partial charge in [0, 0.05) is 29.7 Å². The molecule has 170 valence electrons. The molecule has 0 spiro atoms. The van der Waals surface area contributed by atoms with Crippen molar-refractivity contribution in [3.8, 4) is 11.1 Å². The molecule has 2 aromatic carbocycles. The summed E-state index contributed by atoms with van der Waals surface area (Å²) in [6.45, 7) is 2.70. The lowest BCUT2D eigenvalue weighted by molar-refractivity contribution is -0.117. The predicted molar refractivity (Wildman–Crippen MR) is 129 cm³/mol. The molecular formula is C26H28N4O3. The second-order valence-corrected chi connectivity index (χ2v) is 9.03. The van der Waals surface area contributed by atoms with Gasteiger partial charge < -0.3 is 20.6 Å². The van der Waals surface area contributed by atoms with Crippen molar-refractivity contribution in [2.75, 3.05) is 23.8 Å². The number of anilines is 2. The third kappa shape index (κ3) is 4.54. The van der Waals surface area contributed by atoms with E-state index in [2.05, 4.69) is 21.7 Å². The molecule has 1 saturated heterocycles. The first-order valence-corrected chi connectivity index (χ1v) is 11.5. The summed E-state index contributed by atoms with van der Waals surface area (Å²) >= 11 is 0. The Morgan fingerprint density at radius 1 is 1.06 bits per heavy atom. The van der Waals surface area contributed by atoms with E-state index < -0.39 is 0 Å². The van der Waals surface area contributed by atoms with Gasteiger partial charge in [-0.05, 0) is 78.9 Å². The van der Waals surface area contributed by atoms with Crippen LogP contribution in [0.2, 0.25) is 0 Å². The van der Waals surface area contributed by atoms with Crippen LogP contribution < -0.4 is 10.6 Å². The summed E-state index contributed by atoms with van der Waals surface area (Å²) in [5.41, 5.74) is 3.88. The highest BCUT2D eigenvalue weighted by Gasteiger charge is 2.30. The van der Waals surface area contributed by atoms with Gasteiger partial charge in [-0.2, -0.15) is 0 Å². The first kappa shape index (κ1) is 21.4. The largest absolute Gasteiger partial charge is 0.394 e. The monoisotopic (exact) mass is 444 g/mol. The molecule has 0 bridgehead atoms. The van der Waals surface area contributed by atoms with Crippen molar-refractivity contribution >= 4 is 34.2 Å². The fraction of sp³-hybridized carbons (Fsp3) is 0.346. The molecule has 3 aromatic rings. The molecule has 3 amide bonds. The van der Waals surface area contributed by atoms with Gasteiger partial charge in [0.15, 0.2) is 0 Å². The number of amides is 3. The van der Waals surface area contributed by atoms with Gasteiger partial charge in [0.05, 0.1) is 12.6 Å². The first-order chi connectivity index (χ1) is 16.0. The predicted octanol–water partition coefficient (Wildman–Crippen LogP) is 4.55. The van der Waals surface area contributed by atoms with Gasteiger partial charge in [0.25, 0.3) is 0 Å². The molecule has 7 heteroatoms. The minimum absolute atomic E-state index is 0.0102. The highest BCUT2D eigenvalue weighted by atomic mass is 16.3. The fourth-order valence-corrected chi connectivity index (χ4v) is 4.45. The number of benzene rings is 2. The zero-order valence-corrected chi connectivity index (χ0v) is 18.7. The number of rotatable bonds is 5. The molecular weight excluding hydrogens is 416 g/mol. The molecule has 5 rings (SSSR count). The number of fused-ring (bicyclic) bond motifs is 1. The average molecular weight is 445 g/mol. The molecule has 2 heterocycles. The van der Waals surface area contributed by atoms with E-state index in [4.69, 9.17) is 0 Å². The molecule has 33 heavy (non-hydrogen) atoms. The van der Waals surface area contributed by atoms with Gasteiger partial charge in [0.1, 0.15) is 5.82 Å². The lowest BCUT2D eigenvalue weighted by Gasteiger charge is -2.23. The SMILES string of the molecule is Cc1ccc(NC(=O)N2CCC[C@H]2CO)cc1-c1ccc2cc(NC(=O)C3CC3)ncc2c1. The number of likely N-dealkylation sites (tertiary alicyclic amines) is 1. The standard InChI is InChI=1S/C26H28N4O3/c1-16-4-9-21(28-26(33)30-10-2-3-22(30)15-31)13-23(16)19-8-7-18-12-24(27-14-20(18)11-19)29-25(32)17-5-6-17/h4,7-9,11-14,17,22,31H,2-3,5-6,10,15H2,1H3,(H,28,33)(H,27,29,32)/t22-/m0/s1. The maximum atomic E-state index is 12.7. The first-order valence-electron chi connectivity index (χ1n) is 11.5. The summed E-state index contributed by atoms with van der Waals surface area (Å²) in [7, 11) is 0. The number of carbonyl (C=O) groups excluding carboxylic acids is 2. The van der Waals surface area contributed by atoms with Crippen LogP contribution in [0.25, 0.3) is 21.9 Å². The van der Waals surface area contributed by atoms with Gasteiger partial charge >= 0.3 is 6.03 Å². The van der Waals surface area contributed by atoms with Crippen LogP contribution in [0.15, 0.2) is 48.7 Å². The molecule has 2 aliphatic rings. The van der Waals surface area contributed by atoms with E-state index in [9.17, 15) is 14.7 Å². The molecule has 3 N–H and O–H groups in total. The van der Waals surface area contributed by atoms with E-state index in [0.717, 1.165) is 58.8 Å². The third-order valence-corrected chi connectivity index (χ3v) is 6.57. The number of aliphatic hydroxyl groups excluding tert-OH is 1. The van der Waals surface area contributed by atoms with Crippen LogP contribution in [0.5, 0.6) is 0 Å². The number of aromatic nitrogens is 1. The second-order valence-electron chi connectivity index (χ2n) is 9.03. The normalized spacial score (nSPS) is 17.9. The van der Waals surface area contributed by atoms with E-state index in [-0.39, 0.29) is 30.5 Å². The highest BCUT2D eigenvalue weighted by Crippen LogP contribution is 2.32. The Hall–Kier alpha value is -3.45. The smallest absolute Gasteiger partial charge is 0.322 e. The molecule has 1 aliphatic heterocycles. The van der Waals surface area contributed by atoms with Crippen LogP contribution in [0.4, 0.5) is 16.3 Å². The molecule has 7 nitrogen and oxygen atoms in total. The van der Waals surface area contributed by atoms with Crippen molar-refractivity contribution in [1.29, 1.82) is 0 Å². The van der Waals surface area contributed by atoms with E-state index in [1.165, 1.54) is 0 Å². The second kappa shape index (κ2) is 8.83. The minimum atomic E-state index is -0.176. The van der Waals surface area contributed by atoms with Gasteiger partial charge in [-0.1, -0.05) is 18.2 Å². The summed E-state index contributed by atoms with van der Waals surface area (Å²) in [4.78, 5) is 30.9. The zero-order chi connectivity index (χ0) is 22.9. The number of nitrogens with one attached hydrogen (secondary N) is 2. The van der Waals surface area contributed by atoms with Crippen molar-refractivity contribution in [1.82, 2.24) is 9.88 Å². The highest BCUT2D eigenvalue weighted by molar-refractivity contribution is 5.96. The van der Waals surface area contributed by atoms with Crippen LogP contribution in [-0.4, -0.2) is 46.1 Å². The van der Waals surface area contributed by atoms with Crippen LogP contribution in [-0.2, 0) is 4.79 Å². The van der Waals surface area contributed by atoms with Gasteiger partial charge in [-0.25, -0.2) is 9.78 Å². The number of nitrogens with zero attached hydrogens (tertiary/aromatic N) is 2. The van der Waals surface area contributed by atoms with Crippen LogP contribution in [0.3, 0.4) is 0 Å². The summed E-state index contributed by atoms with van der Waals surface area (Å²) in [5.74, 6) is 0.768. The zero-order valence-electron chi connectivity index (χ0n) is 18.7. The van der Waals surface area contributed by atoms with Crippen molar-refractivity contribution in [3.63, 3.8) is 0 Å². The third-order valence-electron chi connectivity index (χ3n) is 6.57. The van der Waals surface area contributed by atoms with E-state index in [1.54, 1.807) is 11.1 Å². The molecule has 0 radical (unpaired) electrons. The Labute approximate surface area is 192 Å². The number of carbonyl (C=O) groups is 2. The van der Waals surface area contributed by atoms with E-state index in [0.29, 0.717) is 12.4 Å². The Kier molecular flexibility index (Phi) is 5.72. The Morgan fingerprint density at radius 2 is 1.91 bits per heavy atom. The van der Waals surface area contributed by atoms with Crippen molar-refractivity contribution in [2.24, 2.45) is 5.92 Å². The summed E-state index contributed by atoms with van der Waals surface area (Å²) in [5, 5.41) is 17.4. The molecule has 1 aromatic heterocycles. The molecule has 2 fully saturated rings. The van der Waals surface area contributed by atoms with Crippen molar-refractivity contribution in [2.45, 2.75) is 38.6 Å². The maximum absolute atomic E-state index is 12.7. The molecule has 1 saturated carbocycles. The number of urea groups is 1. The lowest BCUT2D eigenvalue weighted by Crippen LogP contribution is -2.40. The average Bonchev–Trinajstić information content (AvgIpc) is 3.57. The quantitative estimate of drug-likeness (QED) is 0.538. The molecule has 1 atom stereocenters. The fourth-order valence-electron chi connectivity index (χ4n) is 4.45. The number of aliphatic hydroxyl groups is 1. The van der Waals surface area contributed by atoms with E-state index >= 15 is 0 Å². The van der Waals surface area contributed by atoms with Crippen LogP contribution in [0, 0.1) is 12.8 Å². The minimum Gasteiger partial charge on any atom is -0.394 e. The maximum Gasteiger partial charge on any atom is 0.322 e. The Bertz CT molecular complexity index is 1220. The summed E-state index contributed by atoms with van der Waals surface area (Å²) < 4.78 is 0. The Balaban J connectivity index is 1.37. The summed E-state index contributed by atoms with van der Waals surface area (Å²) in [6, 6.07) is 13.6. The topological polar surface area (TPSA) is 94.6 Å². The van der Waals surface area contributed by atoms with Gasteiger partial charge in [0.2, 0.25) is 5.91 Å². The number of pyridine rings is 1. The van der Waals surface area contributed by atoms with Gasteiger partial charge in [-0.15, -0.1) is 0 Å². The van der Waals surface area contributed by atoms with Gasteiger partial charge in [-0.3, -0.25) is 4.79 Å². The number of hydrogen-bond donors (Lipinski definition) is 3. The van der Waals surface area contributed by atoms with Crippen LogP contribution in [0.1, 0.15) is 31.2 Å². The molecule has 0 unspecified atom stereocenters. The van der Waals surface area contributed by atoms with E-state index in [1.807, 2.05) is 43.3 Å². The van der Waals surface area contributed by atoms with Crippen molar-refractivity contribution in [3.05, 3.63) is 54.2 Å². The summed E-state index contributed by atoms with van der Waals surface area (Å²) in [6.07, 6.45) is 5.45.